The number of hydrazone groups is 1. The molecule has 0 aliphatic rings. The van der Waals surface area contributed by atoms with E-state index in [1.165, 1.54) is 30.9 Å². The van der Waals surface area contributed by atoms with Gasteiger partial charge in [0.1, 0.15) is 5.82 Å². The second-order valence-corrected chi connectivity index (χ2v) is 5.07. The summed E-state index contributed by atoms with van der Waals surface area (Å²) in [5.41, 5.74) is 2.82. The zero-order valence-corrected chi connectivity index (χ0v) is 13.2. The van der Waals surface area contributed by atoms with E-state index in [4.69, 9.17) is 5.21 Å². The van der Waals surface area contributed by atoms with Crippen LogP contribution in [0.25, 0.3) is 0 Å². The van der Waals surface area contributed by atoms with Gasteiger partial charge in [0, 0.05) is 23.7 Å². The summed E-state index contributed by atoms with van der Waals surface area (Å²) in [5, 5.41) is 13.6. The molecule has 0 radical (unpaired) electrons. The highest BCUT2D eigenvalue weighted by atomic mass is 19.1. The lowest BCUT2D eigenvalue weighted by Crippen LogP contribution is -2.22. The molecule has 2 aromatic carbocycles. The summed E-state index contributed by atoms with van der Waals surface area (Å²) >= 11 is 0. The minimum atomic E-state index is -0.816. The van der Waals surface area contributed by atoms with Crippen LogP contribution in [0.3, 0.4) is 0 Å². The van der Waals surface area contributed by atoms with Crippen molar-refractivity contribution in [2.45, 2.75) is 6.92 Å². The zero-order valence-electron chi connectivity index (χ0n) is 13.2. The molecule has 0 aliphatic heterocycles. The molecule has 7 heteroatoms. The highest BCUT2D eigenvalue weighted by Gasteiger charge is 2.13. The molecule has 0 saturated carbocycles. The molecule has 0 saturated heterocycles. The molecule has 0 fully saturated rings. The lowest BCUT2D eigenvalue weighted by molar-refractivity contribution is 0.0705. The van der Waals surface area contributed by atoms with Gasteiger partial charge in [-0.25, -0.2) is 14.9 Å². The number of benzene rings is 2. The Kier molecular flexibility index (Phi) is 5.39. The smallest absolute Gasteiger partial charge is 0.274 e. The third kappa shape index (κ3) is 3.82. The van der Waals surface area contributed by atoms with Crippen molar-refractivity contribution in [3.8, 4) is 0 Å². The number of hydroxylamine groups is 1. The van der Waals surface area contributed by atoms with Gasteiger partial charge >= 0.3 is 0 Å². The van der Waals surface area contributed by atoms with E-state index in [-0.39, 0.29) is 17.0 Å². The number of carbonyl (C=O) groups is 2. The second kappa shape index (κ2) is 7.47. The Hall–Kier alpha value is -3.06. The molecule has 124 valence electrons. The Morgan fingerprint density at radius 1 is 1.25 bits per heavy atom. The fourth-order valence-corrected chi connectivity index (χ4v) is 2.03. The van der Waals surface area contributed by atoms with Gasteiger partial charge in [-0.15, -0.1) is 0 Å². The monoisotopic (exact) mass is 329 g/mol. The molecule has 0 atom stereocenters. The highest BCUT2D eigenvalue weighted by Crippen LogP contribution is 2.11. The van der Waals surface area contributed by atoms with Crippen LogP contribution >= 0.6 is 0 Å². The van der Waals surface area contributed by atoms with Gasteiger partial charge in [-0.05, 0) is 36.8 Å². The van der Waals surface area contributed by atoms with Gasteiger partial charge in [0.2, 0.25) is 0 Å². The van der Waals surface area contributed by atoms with Crippen molar-refractivity contribution in [1.82, 2.24) is 10.5 Å². The van der Waals surface area contributed by atoms with Crippen LogP contribution in [0, 0.1) is 12.7 Å². The largest absolute Gasteiger partial charge is 0.288 e. The molecule has 0 aromatic heterocycles. The number of nitrogens with zero attached hydrogens (tertiary/aromatic N) is 2. The van der Waals surface area contributed by atoms with Gasteiger partial charge in [0.05, 0.1) is 6.21 Å². The van der Waals surface area contributed by atoms with Gasteiger partial charge in [0.25, 0.3) is 11.8 Å². The van der Waals surface area contributed by atoms with Crippen LogP contribution in [0.4, 0.5) is 4.39 Å². The maximum absolute atomic E-state index is 13.9. The molecule has 2 rings (SSSR count). The van der Waals surface area contributed by atoms with Crippen molar-refractivity contribution in [2.24, 2.45) is 5.10 Å². The summed E-state index contributed by atoms with van der Waals surface area (Å²) < 4.78 is 13.9. The molecule has 2 amide bonds. The zero-order chi connectivity index (χ0) is 17.7. The summed E-state index contributed by atoms with van der Waals surface area (Å²) in [5.74, 6) is -1.83. The Labute approximate surface area is 138 Å². The van der Waals surface area contributed by atoms with Crippen molar-refractivity contribution >= 4 is 18.0 Å². The number of aryl methyl sites for hydroxylation is 1. The van der Waals surface area contributed by atoms with Crippen LogP contribution < -0.4 is 5.48 Å². The van der Waals surface area contributed by atoms with Gasteiger partial charge in [-0.1, -0.05) is 18.2 Å². The van der Waals surface area contributed by atoms with E-state index < -0.39 is 11.7 Å². The fourth-order valence-electron chi connectivity index (χ4n) is 2.03. The standard InChI is InChI=1S/C17H16FN3O3/c1-11-5-3-4-6-14(11)17(23)21(2)19-10-13-8-7-12(9-15(13)18)16(22)20-24/h3-10,24H,1-2H3,(H,20,22). The molecule has 6 nitrogen and oxygen atoms in total. The van der Waals surface area contributed by atoms with E-state index in [1.54, 1.807) is 12.1 Å². The minimum absolute atomic E-state index is 0.0310. The minimum Gasteiger partial charge on any atom is -0.288 e. The van der Waals surface area contributed by atoms with Gasteiger partial charge < -0.3 is 0 Å². The van der Waals surface area contributed by atoms with Crippen LogP contribution in [0.5, 0.6) is 0 Å². The summed E-state index contributed by atoms with van der Waals surface area (Å²) in [4.78, 5) is 23.5. The number of hydrogen-bond acceptors (Lipinski definition) is 4. The Bertz CT molecular complexity index is 805. The first-order chi connectivity index (χ1) is 11.4. The van der Waals surface area contributed by atoms with Crippen molar-refractivity contribution < 1.29 is 19.2 Å². The molecule has 2 N–H and O–H groups in total. The first-order valence-electron chi connectivity index (χ1n) is 7.05. The first kappa shape index (κ1) is 17.3. The maximum Gasteiger partial charge on any atom is 0.274 e. The topological polar surface area (TPSA) is 82.0 Å². The maximum atomic E-state index is 13.9. The normalized spacial score (nSPS) is 10.7. The predicted octanol–water partition coefficient (Wildman–Crippen LogP) is 2.36. The van der Waals surface area contributed by atoms with E-state index in [9.17, 15) is 14.0 Å². The van der Waals surface area contributed by atoms with E-state index >= 15 is 0 Å². The van der Waals surface area contributed by atoms with Crippen molar-refractivity contribution in [3.05, 3.63) is 70.5 Å². The summed E-state index contributed by atoms with van der Waals surface area (Å²) in [7, 11) is 1.47. The van der Waals surface area contributed by atoms with Crippen LogP contribution in [-0.2, 0) is 0 Å². The molecule has 2 aromatic rings. The Balaban J connectivity index is 2.17. The Morgan fingerprint density at radius 2 is 1.96 bits per heavy atom. The number of rotatable bonds is 4. The van der Waals surface area contributed by atoms with Crippen molar-refractivity contribution in [3.63, 3.8) is 0 Å². The van der Waals surface area contributed by atoms with Crippen LogP contribution in [-0.4, -0.2) is 35.3 Å². The third-order valence-corrected chi connectivity index (χ3v) is 3.40. The SMILES string of the molecule is Cc1ccccc1C(=O)N(C)N=Cc1ccc(C(=O)NO)cc1F. The Morgan fingerprint density at radius 3 is 2.58 bits per heavy atom. The molecule has 0 unspecified atom stereocenters. The summed E-state index contributed by atoms with van der Waals surface area (Å²) in [6, 6.07) is 10.7. The molecule has 24 heavy (non-hydrogen) atoms. The molecular weight excluding hydrogens is 313 g/mol. The lowest BCUT2D eigenvalue weighted by atomic mass is 10.1. The lowest BCUT2D eigenvalue weighted by Gasteiger charge is -2.12. The molecule has 0 bridgehead atoms. The summed E-state index contributed by atoms with van der Waals surface area (Å²) in [6.07, 6.45) is 1.19. The van der Waals surface area contributed by atoms with Gasteiger partial charge in [-0.2, -0.15) is 5.10 Å². The average molecular weight is 329 g/mol. The average Bonchev–Trinajstić information content (AvgIpc) is 2.59. The molecule has 0 heterocycles. The summed E-state index contributed by atoms with van der Waals surface area (Å²) in [6.45, 7) is 1.81. The predicted molar refractivity (Wildman–Crippen MR) is 86.5 cm³/mol. The number of hydrogen-bond donors (Lipinski definition) is 2. The van der Waals surface area contributed by atoms with Crippen LogP contribution in [0.2, 0.25) is 0 Å². The fraction of sp³-hybridized carbons (Fsp3) is 0.118. The van der Waals surface area contributed by atoms with Crippen molar-refractivity contribution in [1.29, 1.82) is 0 Å². The third-order valence-electron chi connectivity index (χ3n) is 3.40. The highest BCUT2D eigenvalue weighted by molar-refractivity contribution is 5.96. The first-order valence-corrected chi connectivity index (χ1v) is 7.05. The number of nitrogens with one attached hydrogen (secondary N) is 1. The van der Waals surface area contributed by atoms with Gasteiger partial charge in [-0.3, -0.25) is 14.8 Å². The number of halogens is 1. The van der Waals surface area contributed by atoms with E-state index in [0.717, 1.165) is 16.6 Å². The number of amides is 2. The second-order valence-electron chi connectivity index (χ2n) is 5.07. The van der Waals surface area contributed by atoms with Gasteiger partial charge in [0.15, 0.2) is 0 Å². The van der Waals surface area contributed by atoms with E-state index in [2.05, 4.69) is 5.10 Å². The van der Waals surface area contributed by atoms with Crippen LogP contribution in [0.15, 0.2) is 47.6 Å². The number of carbonyl (C=O) groups excluding carboxylic acids is 2. The van der Waals surface area contributed by atoms with Crippen molar-refractivity contribution in [2.75, 3.05) is 7.05 Å². The molecular formula is C17H16FN3O3. The molecule has 0 aliphatic carbocycles. The quantitative estimate of drug-likeness (QED) is 0.513. The van der Waals surface area contributed by atoms with E-state index in [1.807, 2.05) is 19.1 Å². The van der Waals surface area contributed by atoms with E-state index in [0.29, 0.717) is 5.56 Å². The van der Waals surface area contributed by atoms with Crippen LogP contribution in [0.1, 0.15) is 31.8 Å². The molecule has 0 spiro atoms.